The lowest BCUT2D eigenvalue weighted by molar-refractivity contribution is 0.184. The van der Waals surface area contributed by atoms with Crippen LogP contribution in [0.25, 0.3) is 6.08 Å². The van der Waals surface area contributed by atoms with Gasteiger partial charge < -0.3 is 5.11 Å². The number of hydrogen-bond acceptors (Lipinski definition) is 2. The minimum absolute atomic E-state index is 0.178. The van der Waals surface area contributed by atoms with Crippen LogP contribution in [0.4, 0.5) is 0 Å². The Morgan fingerprint density at radius 1 is 0.909 bits per heavy atom. The zero-order chi connectivity index (χ0) is 15.8. The van der Waals surface area contributed by atoms with Gasteiger partial charge in [-0.25, -0.2) is 0 Å². The predicted molar refractivity (Wildman–Crippen MR) is 93.6 cm³/mol. The average Bonchev–Trinajstić information content (AvgIpc) is 2.56. The monoisotopic (exact) mass is 295 g/mol. The Bertz CT molecular complexity index is 572. The summed E-state index contributed by atoms with van der Waals surface area (Å²) in [6, 6.07) is 17.2. The molecule has 0 amide bonds. The van der Waals surface area contributed by atoms with Crippen molar-refractivity contribution in [3.05, 3.63) is 77.4 Å². The Hall–Kier alpha value is -1.90. The average molecular weight is 295 g/mol. The van der Waals surface area contributed by atoms with E-state index in [1.807, 2.05) is 6.08 Å². The highest BCUT2D eigenvalue weighted by Crippen LogP contribution is 2.12. The zero-order valence-electron chi connectivity index (χ0n) is 13.3. The van der Waals surface area contributed by atoms with Gasteiger partial charge in [-0.05, 0) is 28.7 Å². The van der Waals surface area contributed by atoms with E-state index in [4.69, 9.17) is 0 Å². The molecular weight excluding hydrogens is 270 g/mol. The second-order valence-electron chi connectivity index (χ2n) is 5.55. The maximum Gasteiger partial charge on any atom is 0.0558 e. The summed E-state index contributed by atoms with van der Waals surface area (Å²) >= 11 is 0. The molecule has 0 aromatic heterocycles. The van der Waals surface area contributed by atoms with Crippen LogP contribution in [0.5, 0.6) is 0 Å². The lowest BCUT2D eigenvalue weighted by Crippen LogP contribution is -2.26. The van der Waals surface area contributed by atoms with Crippen molar-refractivity contribution >= 4 is 6.08 Å². The van der Waals surface area contributed by atoms with Crippen LogP contribution in [-0.2, 0) is 19.5 Å². The molecule has 22 heavy (non-hydrogen) atoms. The van der Waals surface area contributed by atoms with Crippen LogP contribution in [0.3, 0.4) is 0 Å². The van der Waals surface area contributed by atoms with E-state index in [2.05, 4.69) is 66.9 Å². The van der Waals surface area contributed by atoms with Crippen molar-refractivity contribution in [2.75, 3.05) is 13.2 Å². The summed E-state index contributed by atoms with van der Waals surface area (Å²) in [6.07, 6.45) is 2.92. The van der Waals surface area contributed by atoms with E-state index >= 15 is 0 Å². The molecule has 2 aromatic carbocycles. The van der Waals surface area contributed by atoms with Gasteiger partial charge in [0.15, 0.2) is 0 Å². The van der Waals surface area contributed by atoms with Gasteiger partial charge in [-0.3, -0.25) is 4.90 Å². The fraction of sp³-hybridized carbons (Fsp3) is 0.300. The first-order chi connectivity index (χ1) is 10.7. The maximum atomic E-state index is 9.30. The van der Waals surface area contributed by atoms with Crippen molar-refractivity contribution in [3.8, 4) is 0 Å². The van der Waals surface area contributed by atoms with Crippen LogP contribution < -0.4 is 0 Å². The first-order valence-corrected chi connectivity index (χ1v) is 7.87. The van der Waals surface area contributed by atoms with Gasteiger partial charge in [0.1, 0.15) is 0 Å². The fourth-order valence-corrected chi connectivity index (χ4v) is 2.51. The molecule has 116 valence electrons. The van der Waals surface area contributed by atoms with E-state index in [0.717, 1.165) is 25.1 Å². The quantitative estimate of drug-likeness (QED) is 0.798. The molecule has 0 saturated carbocycles. The van der Waals surface area contributed by atoms with Gasteiger partial charge in [0.2, 0.25) is 0 Å². The molecule has 2 rings (SSSR count). The van der Waals surface area contributed by atoms with Crippen molar-refractivity contribution in [1.82, 2.24) is 4.90 Å². The number of aryl methyl sites for hydroxylation is 1. The van der Waals surface area contributed by atoms with Gasteiger partial charge in [0, 0.05) is 19.6 Å². The molecule has 0 fully saturated rings. The summed E-state index contributed by atoms with van der Waals surface area (Å²) < 4.78 is 0. The van der Waals surface area contributed by atoms with E-state index in [1.165, 1.54) is 16.7 Å². The first-order valence-electron chi connectivity index (χ1n) is 7.87. The van der Waals surface area contributed by atoms with E-state index in [-0.39, 0.29) is 6.61 Å². The van der Waals surface area contributed by atoms with Crippen molar-refractivity contribution in [2.45, 2.75) is 26.4 Å². The molecule has 2 nitrogen and oxygen atoms in total. The lowest BCUT2D eigenvalue weighted by Gasteiger charge is -2.21. The number of hydrogen-bond donors (Lipinski definition) is 1. The van der Waals surface area contributed by atoms with E-state index in [1.54, 1.807) is 0 Å². The SMILES string of the molecule is C=Cc1ccc(CN(CCO)Cc2ccc(CC)cc2)cc1. The van der Waals surface area contributed by atoms with Gasteiger partial charge in [-0.1, -0.05) is 68.1 Å². The van der Waals surface area contributed by atoms with Gasteiger partial charge in [0.25, 0.3) is 0 Å². The predicted octanol–water partition coefficient (Wildman–Crippen LogP) is 3.89. The minimum atomic E-state index is 0.178. The summed E-state index contributed by atoms with van der Waals surface area (Å²) in [5, 5.41) is 9.30. The standard InChI is InChI=1S/C20H25NO/c1-3-17-5-9-19(10-6-17)15-21(13-14-22)16-20-11-7-18(4-2)8-12-20/h3,5-12,22H,1,4,13-16H2,2H3. The molecule has 0 radical (unpaired) electrons. The van der Waals surface area contributed by atoms with Crippen LogP contribution in [-0.4, -0.2) is 23.2 Å². The molecule has 0 aliphatic rings. The molecular formula is C20H25NO. The van der Waals surface area contributed by atoms with E-state index in [9.17, 15) is 5.11 Å². The summed E-state index contributed by atoms with van der Waals surface area (Å²) in [7, 11) is 0. The Balaban J connectivity index is 2.02. The van der Waals surface area contributed by atoms with Crippen molar-refractivity contribution < 1.29 is 5.11 Å². The van der Waals surface area contributed by atoms with E-state index in [0.29, 0.717) is 6.54 Å². The molecule has 0 atom stereocenters. The number of benzene rings is 2. The topological polar surface area (TPSA) is 23.5 Å². The van der Waals surface area contributed by atoms with Crippen molar-refractivity contribution in [2.24, 2.45) is 0 Å². The van der Waals surface area contributed by atoms with Crippen LogP contribution in [0.15, 0.2) is 55.1 Å². The Labute approximate surface area is 133 Å². The maximum absolute atomic E-state index is 9.30. The van der Waals surface area contributed by atoms with Crippen LogP contribution >= 0.6 is 0 Å². The molecule has 0 heterocycles. The molecule has 0 bridgehead atoms. The smallest absolute Gasteiger partial charge is 0.0558 e. The first kappa shape index (κ1) is 16.5. The fourth-order valence-electron chi connectivity index (χ4n) is 2.51. The van der Waals surface area contributed by atoms with Crippen molar-refractivity contribution in [3.63, 3.8) is 0 Å². The number of aliphatic hydroxyl groups is 1. The van der Waals surface area contributed by atoms with Crippen LogP contribution in [0.1, 0.15) is 29.2 Å². The van der Waals surface area contributed by atoms with Crippen LogP contribution in [0, 0.1) is 0 Å². The number of nitrogens with zero attached hydrogens (tertiary/aromatic N) is 1. The summed E-state index contributed by atoms with van der Waals surface area (Å²) in [4.78, 5) is 2.27. The highest BCUT2D eigenvalue weighted by Gasteiger charge is 2.07. The molecule has 0 aliphatic heterocycles. The molecule has 0 unspecified atom stereocenters. The highest BCUT2D eigenvalue weighted by atomic mass is 16.3. The largest absolute Gasteiger partial charge is 0.395 e. The van der Waals surface area contributed by atoms with Crippen molar-refractivity contribution in [1.29, 1.82) is 0 Å². The normalized spacial score (nSPS) is 10.9. The Morgan fingerprint density at radius 2 is 1.41 bits per heavy atom. The molecule has 2 heteroatoms. The Morgan fingerprint density at radius 3 is 1.86 bits per heavy atom. The van der Waals surface area contributed by atoms with Crippen LogP contribution in [0.2, 0.25) is 0 Å². The van der Waals surface area contributed by atoms with Gasteiger partial charge in [-0.15, -0.1) is 0 Å². The second-order valence-corrected chi connectivity index (χ2v) is 5.55. The van der Waals surface area contributed by atoms with Gasteiger partial charge in [-0.2, -0.15) is 0 Å². The summed E-state index contributed by atoms with van der Waals surface area (Å²) in [6.45, 7) is 8.50. The minimum Gasteiger partial charge on any atom is -0.395 e. The third-order valence-electron chi connectivity index (χ3n) is 3.88. The molecule has 0 aliphatic carbocycles. The number of aliphatic hydroxyl groups excluding tert-OH is 1. The molecule has 1 N–H and O–H groups in total. The molecule has 2 aromatic rings. The third-order valence-corrected chi connectivity index (χ3v) is 3.88. The third kappa shape index (κ3) is 4.83. The number of rotatable bonds is 8. The Kier molecular flexibility index (Phi) is 6.38. The lowest BCUT2D eigenvalue weighted by atomic mass is 10.1. The highest BCUT2D eigenvalue weighted by molar-refractivity contribution is 5.47. The summed E-state index contributed by atoms with van der Waals surface area (Å²) in [5.74, 6) is 0. The van der Waals surface area contributed by atoms with Gasteiger partial charge >= 0.3 is 0 Å². The van der Waals surface area contributed by atoms with Gasteiger partial charge in [0.05, 0.1) is 6.61 Å². The second kappa shape index (κ2) is 8.52. The molecule has 0 spiro atoms. The zero-order valence-corrected chi connectivity index (χ0v) is 13.3. The van der Waals surface area contributed by atoms with E-state index < -0.39 is 0 Å². The molecule has 0 saturated heterocycles. The summed E-state index contributed by atoms with van der Waals surface area (Å²) in [5.41, 5.74) is 5.03.